The van der Waals surface area contributed by atoms with Crippen LogP contribution in [0.3, 0.4) is 0 Å². The third-order valence-corrected chi connectivity index (χ3v) is 3.58. The molecule has 0 spiro atoms. The van der Waals surface area contributed by atoms with Gasteiger partial charge in [-0.25, -0.2) is 10.2 Å². The van der Waals surface area contributed by atoms with Crippen LogP contribution >= 0.6 is 15.9 Å². The van der Waals surface area contributed by atoms with Gasteiger partial charge < -0.3 is 5.73 Å². The molecule has 6 nitrogen and oxygen atoms in total. The molecular formula is C11H7BrN4O2. The first-order valence-electron chi connectivity index (χ1n) is 5.07. The predicted octanol–water partition coefficient (Wildman–Crippen LogP) is 1.41. The van der Waals surface area contributed by atoms with Crippen molar-refractivity contribution in [1.82, 2.24) is 9.99 Å². The van der Waals surface area contributed by atoms with Crippen molar-refractivity contribution in [3.63, 3.8) is 0 Å². The SMILES string of the molecule is NC(=O)n1c(Br)c2c3c(cccc31)C(=O)NN=C2. The molecule has 1 aliphatic rings. The summed E-state index contributed by atoms with van der Waals surface area (Å²) < 4.78 is 1.79. The maximum Gasteiger partial charge on any atom is 0.324 e. The summed E-state index contributed by atoms with van der Waals surface area (Å²) in [7, 11) is 0. The van der Waals surface area contributed by atoms with Gasteiger partial charge in [-0.3, -0.25) is 9.36 Å². The summed E-state index contributed by atoms with van der Waals surface area (Å²) in [5.74, 6) is -0.315. The van der Waals surface area contributed by atoms with Gasteiger partial charge in [0.05, 0.1) is 17.3 Å². The van der Waals surface area contributed by atoms with Crippen molar-refractivity contribution in [3.8, 4) is 0 Å². The highest BCUT2D eigenvalue weighted by atomic mass is 79.9. The molecule has 90 valence electrons. The zero-order chi connectivity index (χ0) is 12.9. The Morgan fingerprint density at radius 2 is 2.22 bits per heavy atom. The van der Waals surface area contributed by atoms with E-state index in [-0.39, 0.29) is 5.91 Å². The lowest BCUT2D eigenvalue weighted by Crippen LogP contribution is -2.20. The Balaban J connectivity index is 2.56. The average Bonchev–Trinajstić information content (AvgIpc) is 2.50. The number of benzene rings is 1. The number of carbonyl (C=O) groups is 2. The number of hydrazone groups is 1. The molecular weight excluding hydrogens is 300 g/mol. The Morgan fingerprint density at radius 3 is 2.94 bits per heavy atom. The van der Waals surface area contributed by atoms with Crippen LogP contribution in [0, 0.1) is 0 Å². The first kappa shape index (κ1) is 11.0. The van der Waals surface area contributed by atoms with E-state index in [1.807, 2.05) is 0 Å². The lowest BCUT2D eigenvalue weighted by atomic mass is 10.1. The molecule has 2 heterocycles. The molecule has 1 aliphatic heterocycles. The Bertz CT molecular complexity index is 732. The molecule has 0 bridgehead atoms. The highest BCUT2D eigenvalue weighted by molar-refractivity contribution is 9.10. The van der Waals surface area contributed by atoms with Gasteiger partial charge in [0.15, 0.2) is 0 Å². The van der Waals surface area contributed by atoms with Crippen LogP contribution in [0.4, 0.5) is 4.79 Å². The number of hydrogen-bond acceptors (Lipinski definition) is 3. The van der Waals surface area contributed by atoms with Gasteiger partial charge >= 0.3 is 6.03 Å². The molecule has 2 amide bonds. The van der Waals surface area contributed by atoms with E-state index in [1.165, 1.54) is 10.8 Å². The molecule has 18 heavy (non-hydrogen) atoms. The van der Waals surface area contributed by atoms with E-state index in [0.29, 0.717) is 26.6 Å². The predicted molar refractivity (Wildman–Crippen MR) is 69.7 cm³/mol. The second-order valence-corrected chi connectivity index (χ2v) is 4.53. The zero-order valence-corrected chi connectivity index (χ0v) is 10.6. The van der Waals surface area contributed by atoms with E-state index in [0.717, 1.165) is 0 Å². The number of halogens is 1. The van der Waals surface area contributed by atoms with E-state index in [1.54, 1.807) is 18.2 Å². The van der Waals surface area contributed by atoms with Gasteiger partial charge in [-0.2, -0.15) is 5.10 Å². The molecule has 1 aromatic heterocycles. The highest BCUT2D eigenvalue weighted by Crippen LogP contribution is 2.32. The first-order valence-corrected chi connectivity index (χ1v) is 5.86. The fourth-order valence-electron chi connectivity index (χ4n) is 2.08. The van der Waals surface area contributed by atoms with Crippen molar-refractivity contribution in [2.24, 2.45) is 10.8 Å². The minimum Gasteiger partial charge on any atom is -0.351 e. The molecule has 0 fully saturated rings. The maximum atomic E-state index is 11.8. The van der Waals surface area contributed by atoms with Crippen molar-refractivity contribution in [2.45, 2.75) is 0 Å². The minimum atomic E-state index is -0.621. The zero-order valence-electron chi connectivity index (χ0n) is 8.98. The summed E-state index contributed by atoms with van der Waals surface area (Å²) in [5.41, 5.74) is 9.42. The fourth-order valence-corrected chi connectivity index (χ4v) is 2.74. The van der Waals surface area contributed by atoms with Crippen molar-refractivity contribution >= 4 is 45.0 Å². The molecule has 3 rings (SSSR count). The number of rotatable bonds is 0. The normalized spacial score (nSPS) is 13.5. The van der Waals surface area contributed by atoms with Crippen LogP contribution in [0.2, 0.25) is 0 Å². The van der Waals surface area contributed by atoms with Gasteiger partial charge in [-0.05, 0) is 28.1 Å². The second-order valence-electron chi connectivity index (χ2n) is 3.78. The molecule has 0 aliphatic carbocycles. The molecule has 1 aromatic carbocycles. The van der Waals surface area contributed by atoms with Gasteiger partial charge in [-0.1, -0.05) is 6.07 Å². The Morgan fingerprint density at radius 1 is 1.44 bits per heavy atom. The van der Waals surface area contributed by atoms with Crippen LogP contribution in [0.25, 0.3) is 10.9 Å². The van der Waals surface area contributed by atoms with Gasteiger partial charge in [-0.15, -0.1) is 0 Å². The summed E-state index contributed by atoms with van der Waals surface area (Å²) in [6.07, 6.45) is 1.49. The quantitative estimate of drug-likeness (QED) is 0.770. The molecule has 0 saturated carbocycles. The van der Waals surface area contributed by atoms with Gasteiger partial charge in [0.25, 0.3) is 5.91 Å². The summed E-state index contributed by atoms with van der Waals surface area (Å²) in [5, 5.41) is 4.46. The van der Waals surface area contributed by atoms with Crippen LogP contribution in [-0.2, 0) is 0 Å². The molecule has 3 N–H and O–H groups in total. The van der Waals surface area contributed by atoms with Crippen molar-refractivity contribution in [1.29, 1.82) is 0 Å². The summed E-state index contributed by atoms with van der Waals surface area (Å²) in [6, 6.07) is 4.47. The number of nitrogens with one attached hydrogen (secondary N) is 1. The van der Waals surface area contributed by atoms with Gasteiger partial charge in [0.1, 0.15) is 4.60 Å². The number of amides is 2. The lowest BCUT2D eigenvalue weighted by molar-refractivity contribution is 0.0957. The molecule has 0 unspecified atom stereocenters. The number of hydrogen-bond donors (Lipinski definition) is 2. The number of nitrogens with zero attached hydrogens (tertiary/aromatic N) is 2. The standard InChI is InChI=1S/C11H7BrN4O2/c12-9-6-4-14-15-10(17)5-2-1-3-7(8(5)6)16(9)11(13)18/h1-4H,(H2,13,18)(H,15,17). The summed E-state index contributed by atoms with van der Waals surface area (Å²) in [6.45, 7) is 0. The molecule has 0 atom stereocenters. The van der Waals surface area contributed by atoms with Crippen molar-refractivity contribution in [2.75, 3.05) is 0 Å². The monoisotopic (exact) mass is 306 g/mol. The lowest BCUT2D eigenvalue weighted by Gasteiger charge is -2.03. The first-order chi connectivity index (χ1) is 8.61. The topological polar surface area (TPSA) is 89.5 Å². The smallest absolute Gasteiger partial charge is 0.324 e. The average molecular weight is 307 g/mol. The minimum absolute atomic E-state index is 0.315. The number of nitrogens with two attached hydrogens (primary N) is 1. The second kappa shape index (κ2) is 3.67. The third-order valence-electron chi connectivity index (χ3n) is 2.80. The highest BCUT2D eigenvalue weighted by Gasteiger charge is 2.23. The molecule has 7 heteroatoms. The molecule has 0 saturated heterocycles. The van der Waals surface area contributed by atoms with Gasteiger partial charge in [0, 0.05) is 10.9 Å². The fraction of sp³-hybridized carbons (Fsp3) is 0. The Labute approximate surface area is 110 Å². The van der Waals surface area contributed by atoms with E-state index >= 15 is 0 Å². The summed E-state index contributed by atoms with van der Waals surface area (Å²) in [4.78, 5) is 23.3. The Kier molecular flexibility index (Phi) is 2.24. The number of primary amides is 1. The van der Waals surface area contributed by atoms with E-state index in [4.69, 9.17) is 5.73 Å². The number of carbonyl (C=O) groups excluding carboxylic acids is 2. The Hall–Kier alpha value is -2.15. The largest absolute Gasteiger partial charge is 0.351 e. The van der Waals surface area contributed by atoms with E-state index in [2.05, 4.69) is 26.5 Å². The van der Waals surface area contributed by atoms with E-state index in [9.17, 15) is 9.59 Å². The molecule has 2 aromatic rings. The molecule has 0 radical (unpaired) electrons. The van der Waals surface area contributed by atoms with Gasteiger partial charge in [0.2, 0.25) is 0 Å². The third kappa shape index (κ3) is 1.31. The van der Waals surface area contributed by atoms with Crippen LogP contribution < -0.4 is 11.2 Å². The van der Waals surface area contributed by atoms with Crippen LogP contribution in [0.1, 0.15) is 15.9 Å². The van der Waals surface area contributed by atoms with Crippen molar-refractivity contribution in [3.05, 3.63) is 33.9 Å². The van der Waals surface area contributed by atoms with Crippen LogP contribution in [-0.4, -0.2) is 22.7 Å². The van der Waals surface area contributed by atoms with Crippen LogP contribution in [0.5, 0.6) is 0 Å². The van der Waals surface area contributed by atoms with E-state index < -0.39 is 6.03 Å². The summed E-state index contributed by atoms with van der Waals surface area (Å²) >= 11 is 3.31. The van der Waals surface area contributed by atoms with Crippen molar-refractivity contribution < 1.29 is 9.59 Å². The maximum absolute atomic E-state index is 11.8. The number of aromatic nitrogens is 1. The van der Waals surface area contributed by atoms with Crippen LogP contribution in [0.15, 0.2) is 27.9 Å².